The van der Waals surface area contributed by atoms with Crippen LogP contribution < -0.4 is 5.73 Å². The van der Waals surface area contributed by atoms with E-state index in [1.807, 2.05) is 17.7 Å². The van der Waals surface area contributed by atoms with Crippen LogP contribution in [0.3, 0.4) is 0 Å². The van der Waals surface area contributed by atoms with Gasteiger partial charge in [-0.2, -0.15) is 5.10 Å². The lowest BCUT2D eigenvalue weighted by Crippen LogP contribution is -2.20. The first-order chi connectivity index (χ1) is 7.15. The van der Waals surface area contributed by atoms with Crippen LogP contribution in [-0.2, 0) is 6.54 Å². The molecule has 0 bridgehead atoms. The smallest absolute Gasteiger partial charge is 0.121 e. The lowest BCUT2D eigenvalue weighted by atomic mass is 9.82. The van der Waals surface area contributed by atoms with E-state index in [1.165, 1.54) is 25.7 Å². The highest BCUT2D eigenvalue weighted by atomic mass is 15.3. The van der Waals surface area contributed by atoms with Crippen molar-refractivity contribution in [3.05, 3.63) is 11.8 Å². The summed E-state index contributed by atoms with van der Waals surface area (Å²) in [6.07, 6.45) is 5.43. The zero-order valence-electron chi connectivity index (χ0n) is 9.74. The van der Waals surface area contributed by atoms with Gasteiger partial charge in [0.25, 0.3) is 0 Å². The van der Waals surface area contributed by atoms with Gasteiger partial charge in [-0.1, -0.05) is 19.8 Å². The third kappa shape index (κ3) is 2.52. The third-order valence-electron chi connectivity index (χ3n) is 3.41. The molecule has 1 aromatic rings. The molecule has 2 rings (SSSR count). The number of hydrogen-bond acceptors (Lipinski definition) is 2. The second-order valence-corrected chi connectivity index (χ2v) is 5.03. The van der Waals surface area contributed by atoms with E-state index in [0.29, 0.717) is 0 Å². The van der Waals surface area contributed by atoms with Crippen LogP contribution in [0.4, 0.5) is 5.82 Å². The molecule has 2 N–H and O–H groups in total. The predicted molar refractivity (Wildman–Crippen MR) is 62.5 cm³/mol. The summed E-state index contributed by atoms with van der Waals surface area (Å²) in [5.74, 6) is 2.46. The summed E-state index contributed by atoms with van der Waals surface area (Å²) in [5, 5.41) is 4.42. The van der Waals surface area contributed by atoms with E-state index < -0.39 is 0 Å². The maximum absolute atomic E-state index is 5.89. The molecule has 3 nitrogen and oxygen atoms in total. The van der Waals surface area contributed by atoms with Crippen LogP contribution in [0.5, 0.6) is 0 Å². The zero-order chi connectivity index (χ0) is 10.8. The molecule has 1 saturated carbocycles. The van der Waals surface area contributed by atoms with Crippen molar-refractivity contribution in [3.63, 3.8) is 0 Å². The van der Waals surface area contributed by atoms with Crippen molar-refractivity contribution in [1.29, 1.82) is 0 Å². The van der Waals surface area contributed by atoms with Crippen LogP contribution in [-0.4, -0.2) is 9.78 Å². The molecule has 1 aromatic heterocycles. The van der Waals surface area contributed by atoms with Crippen molar-refractivity contribution in [3.8, 4) is 0 Å². The fraction of sp³-hybridized carbons (Fsp3) is 0.750. The molecule has 0 spiro atoms. The van der Waals surface area contributed by atoms with Gasteiger partial charge >= 0.3 is 0 Å². The standard InChI is InChI=1S/C12H21N3/c1-9-4-3-5-11(6-9)8-15-12(13)7-10(2)14-15/h7,9,11H,3-6,8,13H2,1-2H3. The summed E-state index contributed by atoms with van der Waals surface area (Å²) >= 11 is 0. The summed E-state index contributed by atoms with van der Waals surface area (Å²) in [7, 11) is 0. The molecule has 3 heteroatoms. The first-order valence-electron chi connectivity index (χ1n) is 5.95. The molecule has 0 radical (unpaired) electrons. The van der Waals surface area contributed by atoms with Crippen molar-refractivity contribution < 1.29 is 0 Å². The van der Waals surface area contributed by atoms with E-state index >= 15 is 0 Å². The van der Waals surface area contributed by atoms with Crippen molar-refractivity contribution in [2.24, 2.45) is 11.8 Å². The number of nitrogens with zero attached hydrogens (tertiary/aromatic N) is 2. The normalized spacial score (nSPS) is 26.8. The Balaban J connectivity index is 1.99. The van der Waals surface area contributed by atoms with E-state index in [1.54, 1.807) is 0 Å². The average molecular weight is 207 g/mol. The number of anilines is 1. The minimum atomic E-state index is 0.773. The highest BCUT2D eigenvalue weighted by molar-refractivity contribution is 5.30. The average Bonchev–Trinajstić information content (AvgIpc) is 2.45. The Morgan fingerprint density at radius 2 is 2.33 bits per heavy atom. The molecular weight excluding hydrogens is 186 g/mol. The number of hydrogen-bond donors (Lipinski definition) is 1. The Morgan fingerprint density at radius 1 is 1.53 bits per heavy atom. The van der Waals surface area contributed by atoms with E-state index in [9.17, 15) is 0 Å². The Labute approximate surface area is 91.7 Å². The highest BCUT2D eigenvalue weighted by Crippen LogP contribution is 2.29. The van der Waals surface area contributed by atoms with Gasteiger partial charge in [0.15, 0.2) is 0 Å². The summed E-state index contributed by atoms with van der Waals surface area (Å²) in [6, 6.07) is 1.95. The summed E-state index contributed by atoms with van der Waals surface area (Å²) in [5.41, 5.74) is 6.92. The minimum Gasteiger partial charge on any atom is -0.384 e. The van der Waals surface area contributed by atoms with Crippen LogP contribution in [0, 0.1) is 18.8 Å². The van der Waals surface area contributed by atoms with Crippen LogP contribution in [0.2, 0.25) is 0 Å². The van der Waals surface area contributed by atoms with Crippen molar-refractivity contribution >= 4 is 5.82 Å². The minimum absolute atomic E-state index is 0.773. The van der Waals surface area contributed by atoms with Gasteiger partial charge in [0.1, 0.15) is 5.82 Å². The second kappa shape index (κ2) is 4.25. The lowest BCUT2D eigenvalue weighted by Gasteiger charge is -2.26. The van der Waals surface area contributed by atoms with E-state index in [0.717, 1.165) is 29.9 Å². The molecule has 1 fully saturated rings. The molecule has 84 valence electrons. The first kappa shape index (κ1) is 10.5. The van der Waals surface area contributed by atoms with Gasteiger partial charge in [-0.05, 0) is 31.6 Å². The molecule has 0 saturated heterocycles. The number of aromatic nitrogens is 2. The highest BCUT2D eigenvalue weighted by Gasteiger charge is 2.20. The fourth-order valence-electron chi connectivity index (χ4n) is 2.68. The van der Waals surface area contributed by atoms with Gasteiger partial charge in [-0.15, -0.1) is 0 Å². The number of aryl methyl sites for hydroxylation is 1. The third-order valence-corrected chi connectivity index (χ3v) is 3.41. The van der Waals surface area contributed by atoms with Crippen LogP contribution in [0.15, 0.2) is 6.07 Å². The SMILES string of the molecule is Cc1cc(N)n(CC2CCCC(C)C2)n1. The summed E-state index contributed by atoms with van der Waals surface area (Å²) in [4.78, 5) is 0. The Bertz CT molecular complexity index is 330. The molecule has 1 aliphatic rings. The summed E-state index contributed by atoms with van der Waals surface area (Å²) < 4.78 is 1.97. The molecule has 2 unspecified atom stereocenters. The van der Waals surface area contributed by atoms with Gasteiger partial charge in [-0.3, -0.25) is 0 Å². The van der Waals surface area contributed by atoms with Crippen LogP contribution in [0.25, 0.3) is 0 Å². The van der Waals surface area contributed by atoms with Gasteiger partial charge in [0, 0.05) is 12.6 Å². The van der Waals surface area contributed by atoms with Crippen LogP contribution >= 0.6 is 0 Å². The Morgan fingerprint density at radius 3 is 2.93 bits per heavy atom. The largest absolute Gasteiger partial charge is 0.384 e. The Kier molecular flexibility index (Phi) is 2.98. The Hall–Kier alpha value is -0.990. The lowest BCUT2D eigenvalue weighted by molar-refractivity contribution is 0.251. The molecule has 1 aliphatic carbocycles. The molecule has 15 heavy (non-hydrogen) atoms. The van der Waals surface area contributed by atoms with Crippen LogP contribution in [0.1, 0.15) is 38.3 Å². The molecule has 0 amide bonds. The van der Waals surface area contributed by atoms with Crippen molar-refractivity contribution in [2.45, 2.75) is 46.1 Å². The van der Waals surface area contributed by atoms with Gasteiger partial charge in [0.05, 0.1) is 5.69 Å². The van der Waals surface area contributed by atoms with E-state index in [2.05, 4.69) is 12.0 Å². The maximum Gasteiger partial charge on any atom is 0.121 e. The maximum atomic E-state index is 5.89. The van der Waals surface area contributed by atoms with Gasteiger partial charge in [-0.25, -0.2) is 4.68 Å². The molecule has 1 heterocycles. The zero-order valence-corrected chi connectivity index (χ0v) is 9.74. The van der Waals surface area contributed by atoms with Crippen molar-refractivity contribution in [2.75, 3.05) is 5.73 Å². The molecule has 0 aliphatic heterocycles. The van der Waals surface area contributed by atoms with Gasteiger partial charge in [0.2, 0.25) is 0 Å². The van der Waals surface area contributed by atoms with E-state index in [4.69, 9.17) is 5.73 Å². The number of nitrogen functional groups attached to an aromatic ring is 1. The number of rotatable bonds is 2. The molecular formula is C12H21N3. The summed E-state index contributed by atoms with van der Waals surface area (Å²) in [6.45, 7) is 5.35. The predicted octanol–water partition coefficient (Wildman–Crippen LogP) is 2.60. The topological polar surface area (TPSA) is 43.8 Å². The van der Waals surface area contributed by atoms with E-state index in [-0.39, 0.29) is 0 Å². The quantitative estimate of drug-likeness (QED) is 0.810. The first-order valence-corrected chi connectivity index (χ1v) is 5.95. The molecule has 2 atom stereocenters. The van der Waals surface area contributed by atoms with Crippen molar-refractivity contribution in [1.82, 2.24) is 9.78 Å². The fourth-order valence-corrected chi connectivity index (χ4v) is 2.68. The van der Waals surface area contributed by atoms with Gasteiger partial charge < -0.3 is 5.73 Å². The second-order valence-electron chi connectivity index (χ2n) is 5.03. The monoisotopic (exact) mass is 207 g/mol. The molecule has 0 aromatic carbocycles. The number of nitrogens with two attached hydrogens (primary N) is 1.